The maximum Gasteiger partial charge on any atom is 0.328 e. The molecule has 1 aliphatic heterocycles. The number of fused-ring (bicyclic) bond motifs is 2. The lowest BCUT2D eigenvalue weighted by molar-refractivity contribution is 0.255. The van der Waals surface area contributed by atoms with Gasteiger partial charge >= 0.3 is 6.03 Å². The molecule has 1 aliphatic rings. The highest BCUT2D eigenvalue weighted by molar-refractivity contribution is 6.30. The molecule has 0 radical (unpaired) electrons. The molecular formula is C20H15ClN6O2. The van der Waals surface area contributed by atoms with E-state index < -0.39 is 0 Å². The summed E-state index contributed by atoms with van der Waals surface area (Å²) in [6.07, 6.45) is 3.24. The zero-order chi connectivity index (χ0) is 20.0. The van der Waals surface area contributed by atoms with Gasteiger partial charge in [0.25, 0.3) is 0 Å². The van der Waals surface area contributed by atoms with Gasteiger partial charge in [-0.25, -0.2) is 14.8 Å². The fraction of sp³-hybridized carbons (Fsp3) is 0.100. The summed E-state index contributed by atoms with van der Waals surface area (Å²) in [7, 11) is 1.62. The summed E-state index contributed by atoms with van der Waals surface area (Å²) in [4.78, 5) is 30.5. The van der Waals surface area contributed by atoms with E-state index in [4.69, 9.17) is 16.3 Å². The van der Waals surface area contributed by atoms with Crippen LogP contribution in [0.3, 0.4) is 0 Å². The molecular weight excluding hydrogens is 392 g/mol. The maximum atomic E-state index is 12.7. The van der Waals surface area contributed by atoms with Crippen LogP contribution >= 0.6 is 11.6 Å². The molecule has 144 valence electrons. The summed E-state index contributed by atoms with van der Waals surface area (Å²) in [5, 5.41) is 3.27. The second kappa shape index (κ2) is 6.75. The van der Waals surface area contributed by atoms with E-state index in [-0.39, 0.29) is 6.03 Å². The zero-order valence-electron chi connectivity index (χ0n) is 15.3. The SMILES string of the molecule is COc1ccccc1-c1nccc2c1CN(c1nc3cnc(Cl)cc3[nH]1)C(=O)N2. The summed E-state index contributed by atoms with van der Waals surface area (Å²) in [6.45, 7) is 0.295. The molecule has 8 nitrogen and oxygen atoms in total. The number of hydrogen-bond acceptors (Lipinski definition) is 5. The minimum Gasteiger partial charge on any atom is -0.496 e. The van der Waals surface area contributed by atoms with Crippen molar-refractivity contribution in [1.82, 2.24) is 19.9 Å². The highest BCUT2D eigenvalue weighted by Crippen LogP contribution is 2.37. The lowest BCUT2D eigenvalue weighted by Gasteiger charge is -2.28. The third-order valence-electron chi connectivity index (χ3n) is 4.80. The number of carbonyl (C=O) groups is 1. The first kappa shape index (κ1) is 17.4. The van der Waals surface area contributed by atoms with Gasteiger partial charge in [-0.1, -0.05) is 23.7 Å². The van der Waals surface area contributed by atoms with Crippen LogP contribution in [0.25, 0.3) is 22.3 Å². The van der Waals surface area contributed by atoms with Crippen LogP contribution in [-0.4, -0.2) is 33.1 Å². The number of pyridine rings is 2. The number of para-hydroxylation sites is 1. The number of nitrogens with one attached hydrogen (secondary N) is 2. The molecule has 5 rings (SSSR count). The first-order valence-corrected chi connectivity index (χ1v) is 9.23. The molecule has 4 heterocycles. The summed E-state index contributed by atoms with van der Waals surface area (Å²) in [6, 6.07) is 10.8. The predicted octanol–water partition coefficient (Wildman–Crippen LogP) is 4.23. The zero-order valence-corrected chi connectivity index (χ0v) is 16.1. The third-order valence-corrected chi connectivity index (χ3v) is 5.01. The van der Waals surface area contributed by atoms with Crippen LogP contribution < -0.4 is 15.0 Å². The number of anilines is 2. The number of ether oxygens (including phenoxy) is 1. The van der Waals surface area contributed by atoms with Gasteiger partial charge < -0.3 is 15.0 Å². The smallest absolute Gasteiger partial charge is 0.328 e. The molecule has 0 atom stereocenters. The van der Waals surface area contributed by atoms with Gasteiger partial charge in [0.1, 0.15) is 16.4 Å². The second-order valence-electron chi connectivity index (χ2n) is 6.49. The Morgan fingerprint density at radius 1 is 1.21 bits per heavy atom. The summed E-state index contributed by atoms with van der Waals surface area (Å²) >= 11 is 5.95. The molecule has 0 bridgehead atoms. The van der Waals surface area contributed by atoms with Gasteiger partial charge in [0, 0.05) is 23.4 Å². The Balaban J connectivity index is 1.60. The molecule has 0 unspecified atom stereocenters. The molecule has 1 aromatic carbocycles. The third kappa shape index (κ3) is 2.94. The summed E-state index contributed by atoms with van der Waals surface area (Å²) in [5.41, 5.74) is 4.50. The molecule has 0 spiro atoms. The number of carbonyl (C=O) groups excluding carboxylic acids is 1. The van der Waals surface area contributed by atoms with E-state index in [0.29, 0.717) is 40.1 Å². The largest absolute Gasteiger partial charge is 0.496 e. The van der Waals surface area contributed by atoms with Gasteiger partial charge in [-0.3, -0.25) is 9.88 Å². The van der Waals surface area contributed by atoms with E-state index >= 15 is 0 Å². The van der Waals surface area contributed by atoms with Crippen molar-refractivity contribution in [2.45, 2.75) is 6.54 Å². The fourth-order valence-electron chi connectivity index (χ4n) is 3.43. The standard InChI is InChI=1S/C20H15ClN6O2/c1-29-16-5-3-2-4-11(16)18-12-10-27(20(28)26-13(12)6-7-22-18)19-24-14-8-17(21)23-9-15(14)25-19/h2-9H,10H2,1H3,(H,24,25)(H,26,28). The van der Waals surface area contributed by atoms with E-state index in [1.807, 2.05) is 24.3 Å². The van der Waals surface area contributed by atoms with Crippen molar-refractivity contribution < 1.29 is 9.53 Å². The summed E-state index contributed by atoms with van der Waals surface area (Å²) < 4.78 is 5.50. The lowest BCUT2D eigenvalue weighted by atomic mass is 10.0. The molecule has 4 aromatic rings. The van der Waals surface area contributed by atoms with Crippen LogP contribution in [0.5, 0.6) is 5.75 Å². The van der Waals surface area contributed by atoms with Gasteiger partial charge in [-0.2, -0.15) is 0 Å². The van der Waals surface area contributed by atoms with Crippen molar-refractivity contribution in [2.75, 3.05) is 17.3 Å². The molecule has 3 aromatic heterocycles. The maximum absolute atomic E-state index is 12.7. The lowest BCUT2D eigenvalue weighted by Crippen LogP contribution is -2.39. The number of aromatic amines is 1. The van der Waals surface area contributed by atoms with Crippen LogP contribution in [0.4, 0.5) is 16.4 Å². The van der Waals surface area contributed by atoms with E-state index in [0.717, 1.165) is 16.8 Å². The van der Waals surface area contributed by atoms with Crippen molar-refractivity contribution in [1.29, 1.82) is 0 Å². The molecule has 0 saturated carbocycles. The Hall–Kier alpha value is -3.65. The van der Waals surface area contributed by atoms with E-state index in [1.165, 1.54) is 4.90 Å². The van der Waals surface area contributed by atoms with Crippen LogP contribution in [0, 0.1) is 0 Å². The van der Waals surface area contributed by atoms with E-state index in [1.54, 1.807) is 31.6 Å². The Bertz CT molecular complexity index is 1250. The van der Waals surface area contributed by atoms with Gasteiger partial charge in [0.2, 0.25) is 5.95 Å². The molecule has 2 N–H and O–H groups in total. The van der Waals surface area contributed by atoms with E-state index in [2.05, 4.69) is 25.3 Å². The minimum atomic E-state index is -0.284. The number of benzene rings is 1. The molecule has 0 fully saturated rings. The quantitative estimate of drug-likeness (QED) is 0.496. The average Bonchev–Trinajstić information content (AvgIpc) is 3.15. The Labute approximate surface area is 170 Å². The molecule has 9 heteroatoms. The molecule has 0 aliphatic carbocycles. The van der Waals surface area contributed by atoms with Crippen molar-refractivity contribution in [3.8, 4) is 17.0 Å². The fourth-order valence-corrected chi connectivity index (χ4v) is 3.59. The number of rotatable bonds is 3. The van der Waals surface area contributed by atoms with Gasteiger partial charge in [-0.15, -0.1) is 0 Å². The number of nitrogens with zero attached hydrogens (tertiary/aromatic N) is 4. The van der Waals surface area contributed by atoms with Gasteiger partial charge in [-0.05, 0) is 18.2 Å². The highest BCUT2D eigenvalue weighted by atomic mass is 35.5. The van der Waals surface area contributed by atoms with Crippen molar-refractivity contribution in [3.05, 3.63) is 59.5 Å². The van der Waals surface area contributed by atoms with Crippen LogP contribution in [0.15, 0.2) is 48.8 Å². The first-order chi connectivity index (χ1) is 14.1. The Kier molecular flexibility index (Phi) is 4.06. The van der Waals surface area contributed by atoms with Gasteiger partial charge in [0.05, 0.1) is 36.7 Å². The molecule has 29 heavy (non-hydrogen) atoms. The number of amides is 2. The molecule has 2 amide bonds. The van der Waals surface area contributed by atoms with Crippen LogP contribution in [0.1, 0.15) is 5.56 Å². The van der Waals surface area contributed by atoms with Crippen molar-refractivity contribution in [3.63, 3.8) is 0 Å². The van der Waals surface area contributed by atoms with Crippen molar-refractivity contribution in [2.24, 2.45) is 0 Å². The average molecular weight is 407 g/mol. The number of hydrogen-bond donors (Lipinski definition) is 2. The number of halogens is 1. The number of H-pyrrole nitrogens is 1. The highest BCUT2D eigenvalue weighted by Gasteiger charge is 2.29. The monoisotopic (exact) mass is 406 g/mol. The molecule has 0 saturated heterocycles. The van der Waals surface area contributed by atoms with E-state index in [9.17, 15) is 4.79 Å². The van der Waals surface area contributed by atoms with Gasteiger partial charge in [0.15, 0.2) is 0 Å². The number of aromatic nitrogens is 4. The van der Waals surface area contributed by atoms with Crippen LogP contribution in [-0.2, 0) is 6.54 Å². The van der Waals surface area contributed by atoms with Crippen LogP contribution in [0.2, 0.25) is 5.15 Å². The number of imidazole rings is 1. The summed E-state index contributed by atoms with van der Waals surface area (Å²) in [5.74, 6) is 1.11. The topological polar surface area (TPSA) is 96.0 Å². The number of urea groups is 1. The number of methoxy groups -OCH3 is 1. The van der Waals surface area contributed by atoms with Crippen molar-refractivity contribution >= 4 is 40.3 Å². The first-order valence-electron chi connectivity index (χ1n) is 8.85. The normalized spacial score (nSPS) is 13.3. The second-order valence-corrected chi connectivity index (χ2v) is 6.87. The minimum absolute atomic E-state index is 0.284. The Morgan fingerprint density at radius 3 is 2.93 bits per heavy atom. The Morgan fingerprint density at radius 2 is 2.07 bits per heavy atom. The predicted molar refractivity (Wildman–Crippen MR) is 110 cm³/mol.